The van der Waals surface area contributed by atoms with Crippen molar-refractivity contribution in [3.63, 3.8) is 0 Å². The Morgan fingerprint density at radius 2 is 1.57 bits per heavy atom. The van der Waals surface area contributed by atoms with Crippen molar-refractivity contribution in [3.8, 4) is 0 Å². The number of carbonyl (C=O) groups excluding carboxylic acids is 1. The summed E-state index contributed by atoms with van der Waals surface area (Å²) >= 11 is 0. The molecule has 5 nitrogen and oxygen atoms in total. The van der Waals surface area contributed by atoms with Crippen molar-refractivity contribution in [2.45, 2.75) is 39.1 Å². The van der Waals surface area contributed by atoms with Gasteiger partial charge in [-0.3, -0.25) is 9.52 Å². The lowest BCUT2D eigenvalue weighted by molar-refractivity contribution is 0.0950. The normalized spacial score (nSPS) is 11.2. The van der Waals surface area contributed by atoms with E-state index in [0.29, 0.717) is 23.4 Å². The summed E-state index contributed by atoms with van der Waals surface area (Å²) < 4.78 is 28.7. The molecule has 0 atom stereocenters. The van der Waals surface area contributed by atoms with Gasteiger partial charge in [0.2, 0.25) is 0 Å². The molecule has 0 radical (unpaired) electrons. The first-order valence-electron chi connectivity index (χ1n) is 9.70. The lowest BCUT2D eigenvalue weighted by Gasteiger charge is -2.14. The van der Waals surface area contributed by atoms with Crippen LogP contribution in [0.3, 0.4) is 0 Å². The Morgan fingerprint density at radius 3 is 2.27 bits per heavy atom. The number of carbonyl (C=O) groups is 1. The molecule has 3 aromatic rings. The summed E-state index contributed by atoms with van der Waals surface area (Å²) in [5.41, 5.74) is 5.39. The van der Waals surface area contributed by atoms with Crippen LogP contribution < -0.4 is 10.0 Å². The summed E-state index contributed by atoms with van der Waals surface area (Å²) in [5.74, 6) is -0.320. The number of hydrogen-bond acceptors (Lipinski definition) is 3. The Morgan fingerprint density at radius 1 is 0.833 bits per heavy atom. The van der Waals surface area contributed by atoms with Crippen LogP contribution in [-0.4, -0.2) is 14.3 Å². The third-order valence-corrected chi connectivity index (χ3v) is 6.41. The van der Waals surface area contributed by atoms with Crippen molar-refractivity contribution < 1.29 is 13.2 Å². The minimum Gasteiger partial charge on any atom is -0.348 e. The number of hydrogen-bond donors (Lipinski definition) is 2. The van der Waals surface area contributed by atoms with Crippen LogP contribution >= 0.6 is 0 Å². The minimum absolute atomic E-state index is 0.0886. The Kier molecular flexibility index (Phi) is 6.27. The van der Waals surface area contributed by atoms with E-state index in [4.69, 9.17) is 0 Å². The van der Waals surface area contributed by atoms with E-state index < -0.39 is 10.0 Å². The molecule has 0 heterocycles. The van der Waals surface area contributed by atoms with Crippen molar-refractivity contribution in [3.05, 3.63) is 94.0 Å². The molecule has 0 spiro atoms. The number of nitrogens with one attached hydrogen (secondary N) is 2. The smallest absolute Gasteiger partial charge is 0.262 e. The molecule has 1 amide bonds. The number of benzene rings is 3. The van der Waals surface area contributed by atoms with Gasteiger partial charge in [-0.15, -0.1) is 0 Å². The van der Waals surface area contributed by atoms with Gasteiger partial charge in [-0.1, -0.05) is 53.6 Å². The molecule has 0 saturated carbocycles. The second kappa shape index (κ2) is 8.71. The second-order valence-corrected chi connectivity index (χ2v) is 9.23. The van der Waals surface area contributed by atoms with Gasteiger partial charge in [0.1, 0.15) is 0 Å². The molecule has 6 heteroatoms. The standard InChI is InChI=1S/C24H26N2O3S/c1-16-6-5-7-20(13-16)15-25-24(27)21-10-9-18(3)23(14-21)30(28,29)26-22-11-8-17(2)12-19(22)4/h5-14,26H,15H2,1-4H3,(H,25,27). The summed E-state index contributed by atoms with van der Waals surface area (Å²) in [6, 6.07) is 18.1. The van der Waals surface area contributed by atoms with E-state index >= 15 is 0 Å². The SMILES string of the molecule is Cc1cccc(CNC(=O)c2ccc(C)c(S(=O)(=O)Nc3ccc(C)cc3C)c2)c1. The summed E-state index contributed by atoms with van der Waals surface area (Å²) in [6.07, 6.45) is 0. The Labute approximate surface area is 178 Å². The molecule has 0 bridgehead atoms. The van der Waals surface area contributed by atoms with Crippen LogP contribution in [-0.2, 0) is 16.6 Å². The minimum atomic E-state index is -3.84. The fourth-order valence-electron chi connectivity index (χ4n) is 3.27. The Bertz CT molecular complexity index is 1200. The largest absolute Gasteiger partial charge is 0.348 e. The fraction of sp³-hybridized carbons (Fsp3) is 0.208. The van der Waals surface area contributed by atoms with E-state index in [2.05, 4.69) is 10.0 Å². The van der Waals surface area contributed by atoms with Gasteiger partial charge in [0.15, 0.2) is 0 Å². The average Bonchev–Trinajstić information content (AvgIpc) is 2.68. The van der Waals surface area contributed by atoms with Crippen molar-refractivity contribution in [2.24, 2.45) is 0 Å². The maximum Gasteiger partial charge on any atom is 0.262 e. The predicted octanol–water partition coefficient (Wildman–Crippen LogP) is 4.65. The highest BCUT2D eigenvalue weighted by molar-refractivity contribution is 7.92. The van der Waals surface area contributed by atoms with Crippen LogP contribution in [0.5, 0.6) is 0 Å². The molecule has 0 aliphatic carbocycles. The van der Waals surface area contributed by atoms with Crippen LogP contribution in [0.25, 0.3) is 0 Å². The highest BCUT2D eigenvalue weighted by Crippen LogP contribution is 2.23. The fourth-order valence-corrected chi connectivity index (χ4v) is 4.67. The van der Waals surface area contributed by atoms with E-state index in [0.717, 1.165) is 22.3 Å². The average molecular weight is 423 g/mol. The van der Waals surface area contributed by atoms with Gasteiger partial charge in [-0.2, -0.15) is 0 Å². The predicted molar refractivity (Wildman–Crippen MR) is 120 cm³/mol. The van der Waals surface area contributed by atoms with Crippen LogP contribution in [0.2, 0.25) is 0 Å². The van der Waals surface area contributed by atoms with Crippen molar-refractivity contribution in [1.29, 1.82) is 0 Å². The van der Waals surface area contributed by atoms with Gasteiger partial charge in [0, 0.05) is 12.1 Å². The molecule has 2 N–H and O–H groups in total. The molecule has 0 fully saturated rings. The topological polar surface area (TPSA) is 75.3 Å². The monoisotopic (exact) mass is 422 g/mol. The van der Waals surface area contributed by atoms with Gasteiger partial charge >= 0.3 is 0 Å². The van der Waals surface area contributed by atoms with Crippen LogP contribution in [0, 0.1) is 27.7 Å². The summed E-state index contributed by atoms with van der Waals surface area (Å²) in [5, 5.41) is 2.85. The maximum absolute atomic E-state index is 13.0. The molecular formula is C24H26N2O3S. The zero-order valence-electron chi connectivity index (χ0n) is 17.6. The first-order valence-corrected chi connectivity index (χ1v) is 11.2. The maximum atomic E-state index is 13.0. The number of anilines is 1. The van der Waals surface area contributed by atoms with E-state index in [9.17, 15) is 13.2 Å². The molecule has 0 aliphatic rings. The molecular weight excluding hydrogens is 396 g/mol. The second-order valence-electron chi connectivity index (χ2n) is 7.58. The summed E-state index contributed by atoms with van der Waals surface area (Å²) in [6.45, 7) is 7.88. The van der Waals surface area contributed by atoms with E-state index in [1.165, 1.54) is 6.07 Å². The number of amides is 1. The highest BCUT2D eigenvalue weighted by Gasteiger charge is 2.20. The molecule has 0 aliphatic heterocycles. The molecule has 3 rings (SSSR count). The molecule has 3 aromatic carbocycles. The third-order valence-electron chi connectivity index (χ3n) is 4.90. The van der Waals surface area contributed by atoms with Gasteiger partial charge in [-0.05, 0) is 62.6 Å². The van der Waals surface area contributed by atoms with Crippen molar-refractivity contribution in [1.82, 2.24) is 5.32 Å². The molecule has 0 unspecified atom stereocenters. The highest BCUT2D eigenvalue weighted by atomic mass is 32.2. The van der Waals surface area contributed by atoms with Gasteiger partial charge < -0.3 is 5.32 Å². The number of aryl methyl sites for hydroxylation is 4. The summed E-state index contributed by atoms with van der Waals surface area (Å²) in [4.78, 5) is 12.7. The van der Waals surface area contributed by atoms with Crippen LogP contribution in [0.4, 0.5) is 5.69 Å². The molecule has 30 heavy (non-hydrogen) atoms. The van der Waals surface area contributed by atoms with Crippen molar-refractivity contribution >= 4 is 21.6 Å². The quantitative estimate of drug-likeness (QED) is 0.607. The third kappa shape index (κ3) is 5.07. The molecule has 0 aromatic heterocycles. The lowest BCUT2D eigenvalue weighted by Crippen LogP contribution is -2.23. The van der Waals surface area contributed by atoms with E-state index in [1.54, 1.807) is 25.1 Å². The number of rotatable bonds is 6. The van der Waals surface area contributed by atoms with Gasteiger partial charge in [0.25, 0.3) is 15.9 Å². The van der Waals surface area contributed by atoms with E-state index in [1.807, 2.05) is 57.2 Å². The van der Waals surface area contributed by atoms with E-state index in [-0.39, 0.29) is 10.8 Å². The summed E-state index contributed by atoms with van der Waals surface area (Å²) in [7, 11) is -3.84. The zero-order valence-corrected chi connectivity index (χ0v) is 18.4. The molecule has 0 saturated heterocycles. The Balaban J connectivity index is 1.82. The van der Waals surface area contributed by atoms with Gasteiger partial charge in [-0.25, -0.2) is 8.42 Å². The first-order chi connectivity index (χ1) is 14.2. The van der Waals surface area contributed by atoms with Crippen LogP contribution in [0.15, 0.2) is 65.6 Å². The number of sulfonamides is 1. The van der Waals surface area contributed by atoms with Gasteiger partial charge in [0.05, 0.1) is 10.6 Å². The molecule has 156 valence electrons. The van der Waals surface area contributed by atoms with Crippen molar-refractivity contribution in [2.75, 3.05) is 4.72 Å². The van der Waals surface area contributed by atoms with Crippen LogP contribution in [0.1, 0.15) is 38.2 Å². The first kappa shape index (κ1) is 21.6. The lowest BCUT2D eigenvalue weighted by atomic mass is 10.1. The zero-order chi connectivity index (χ0) is 21.9. The Hall–Kier alpha value is -3.12.